The zero-order valence-electron chi connectivity index (χ0n) is 13.8. The average molecular weight is 354 g/mol. The number of aromatic nitrogens is 4. The lowest BCUT2D eigenvalue weighted by molar-refractivity contribution is -0.117. The first-order chi connectivity index (χ1) is 12.4. The summed E-state index contributed by atoms with van der Waals surface area (Å²) in [4.78, 5) is 24.2. The maximum Gasteiger partial charge on any atom is 0.248 e. The fourth-order valence-electron chi connectivity index (χ4n) is 2.25. The molecular weight excluding hydrogens is 339 g/mol. The molecule has 9 heteroatoms. The van der Waals surface area contributed by atoms with Gasteiger partial charge in [-0.25, -0.2) is 4.39 Å². The number of tetrazole rings is 1. The zero-order chi connectivity index (χ0) is 18.7. The Morgan fingerprint density at radius 2 is 1.92 bits per heavy atom. The molecule has 132 valence electrons. The lowest BCUT2D eigenvalue weighted by Gasteiger charge is -2.06. The van der Waals surface area contributed by atoms with Crippen LogP contribution in [0, 0.1) is 12.7 Å². The molecule has 0 bridgehead atoms. The van der Waals surface area contributed by atoms with Crippen LogP contribution in [0.1, 0.15) is 15.9 Å². The highest BCUT2D eigenvalue weighted by Crippen LogP contribution is 2.16. The normalized spacial score (nSPS) is 10.5. The van der Waals surface area contributed by atoms with Gasteiger partial charge in [0.05, 0.1) is 5.69 Å². The van der Waals surface area contributed by atoms with E-state index in [-0.39, 0.29) is 18.1 Å². The Kier molecular flexibility index (Phi) is 4.70. The monoisotopic (exact) mass is 354 g/mol. The Hall–Kier alpha value is -3.62. The third-order valence-corrected chi connectivity index (χ3v) is 3.56. The minimum absolute atomic E-state index is 0.0861. The summed E-state index contributed by atoms with van der Waals surface area (Å²) in [6.07, 6.45) is 0. The van der Waals surface area contributed by atoms with Crippen LogP contribution in [0.5, 0.6) is 0 Å². The third-order valence-electron chi connectivity index (χ3n) is 3.56. The summed E-state index contributed by atoms with van der Waals surface area (Å²) in [5.74, 6) is -1.25. The Bertz CT molecular complexity index is 968. The van der Waals surface area contributed by atoms with Crippen LogP contribution in [0.15, 0.2) is 42.5 Å². The van der Waals surface area contributed by atoms with Gasteiger partial charge in [0.1, 0.15) is 12.4 Å². The van der Waals surface area contributed by atoms with E-state index in [9.17, 15) is 14.0 Å². The van der Waals surface area contributed by atoms with Crippen LogP contribution in [-0.2, 0) is 11.3 Å². The molecule has 2 aromatic carbocycles. The van der Waals surface area contributed by atoms with E-state index in [4.69, 9.17) is 5.73 Å². The van der Waals surface area contributed by atoms with Gasteiger partial charge in [0.2, 0.25) is 17.6 Å². The van der Waals surface area contributed by atoms with Crippen LogP contribution in [0.2, 0.25) is 0 Å². The fourth-order valence-corrected chi connectivity index (χ4v) is 2.25. The molecule has 1 heterocycles. The first-order valence-corrected chi connectivity index (χ1v) is 7.66. The molecule has 2 amide bonds. The zero-order valence-corrected chi connectivity index (χ0v) is 13.8. The fraction of sp³-hybridized carbons (Fsp3) is 0.118. The van der Waals surface area contributed by atoms with E-state index in [0.717, 1.165) is 10.4 Å². The predicted molar refractivity (Wildman–Crippen MR) is 91.5 cm³/mol. The van der Waals surface area contributed by atoms with Gasteiger partial charge in [-0.05, 0) is 42.0 Å². The Balaban J connectivity index is 1.67. The van der Waals surface area contributed by atoms with Crippen molar-refractivity contribution in [1.29, 1.82) is 0 Å². The molecule has 0 saturated carbocycles. The number of aryl methyl sites for hydroxylation is 1. The lowest BCUT2D eigenvalue weighted by atomic mass is 10.1. The van der Waals surface area contributed by atoms with Crippen LogP contribution in [0.4, 0.5) is 10.1 Å². The molecule has 0 unspecified atom stereocenters. The quantitative estimate of drug-likeness (QED) is 0.721. The van der Waals surface area contributed by atoms with Crippen LogP contribution < -0.4 is 11.1 Å². The van der Waals surface area contributed by atoms with Crippen molar-refractivity contribution in [3.63, 3.8) is 0 Å². The van der Waals surface area contributed by atoms with E-state index in [0.29, 0.717) is 11.1 Å². The molecule has 0 aliphatic carbocycles. The van der Waals surface area contributed by atoms with Gasteiger partial charge < -0.3 is 11.1 Å². The van der Waals surface area contributed by atoms with Gasteiger partial charge in [-0.1, -0.05) is 18.2 Å². The summed E-state index contributed by atoms with van der Waals surface area (Å²) in [5, 5.41) is 14.2. The van der Waals surface area contributed by atoms with Gasteiger partial charge in [0.25, 0.3) is 0 Å². The number of benzene rings is 2. The number of primary amides is 1. The first-order valence-electron chi connectivity index (χ1n) is 7.66. The van der Waals surface area contributed by atoms with E-state index in [1.165, 1.54) is 12.1 Å². The number of carbonyl (C=O) groups is 2. The molecule has 3 N–H and O–H groups in total. The Morgan fingerprint density at radius 3 is 2.58 bits per heavy atom. The highest BCUT2D eigenvalue weighted by molar-refractivity contribution is 5.93. The minimum Gasteiger partial charge on any atom is -0.366 e. The summed E-state index contributed by atoms with van der Waals surface area (Å²) >= 11 is 0. The molecule has 1 aromatic heterocycles. The number of anilines is 1. The Labute approximate surface area is 147 Å². The molecule has 0 aliphatic rings. The molecule has 0 atom stereocenters. The van der Waals surface area contributed by atoms with Crippen LogP contribution >= 0.6 is 0 Å². The maximum atomic E-state index is 13.8. The van der Waals surface area contributed by atoms with E-state index in [2.05, 4.69) is 20.7 Å². The van der Waals surface area contributed by atoms with E-state index >= 15 is 0 Å². The molecule has 0 radical (unpaired) electrons. The van der Waals surface area contributed by atoms with Crippen molar-refractivity contribution in [3.8, 4) is 11.4 Å². The molecule has 0 spiro atoms. The Morgan fingerprint density at radius 1 is 1.19 bits per heavy atom. The van der Waals surface area contributed by atoms with E-state index < -0.39 is 17.6 Å². The van der Waals surface area contributed by atoms with Gasteiger partial charge in [0, 0.05) is 11.1 Å². The van der Waals surface area contributed by atoms with Gasteiger partial charge in [-0.3, -0.25) is 9.59 Å². The predicted octanol–water partition coefficient (Wildman–Crippen LogP) is 1.53. The van der Waals surface area contributed by atoms with Crippen molar-refractivity contribution in [2.75, 3.05) is 5.32 Å². The van der Waals surface area contributed by atoms with Gasteiger partial charge in [-0.15, -0.1) is 10.2 Å². The molecule has 8 nitrogen and oxygen atoms in total. The molecule has 26 heavy (non-hydrogen) atoms. The van der Waals surface area contributed by atoms with Crippen molar-refractivity contribution in [2.24, 2.45) is 5.73 Å². The number of carbonyl (C=O) groups excluding carboxylic acids is 2. The first kappa shape index (κ1) is 17.2. The van der Waals surface area contributed by atoms with E-state index in [1.54, 1.807) is 37.3 Å². The number of halogens is 1. The van der Waals surface area contributed by atoms with Crippen molar-refractivity contribution in [3.05, 3.63) is 59.4 Å². The number of amides is 2. The SMILES string of the molecule is Cc1ccc(NC(=O)Cn2nnc(-c3ccc(C(N)=O)cc3)n2)c(F)c1. The van der Waals surface area contributed by atoms with Crippen LogP contribution in [-0.4, -0.2) is 32.0 Å². The standard InChI is InChI=1S/C17H15FN6O2/c1-10-2-7-14(13(18)8-10)20-15(25)9-24-22-17(21-23-24)12-5-3-11(4-6-12)16(19)26/h2-8H,9H2,1H3,(H2,19,26)(H,20,25). The summed E-state index contributed by atoms with van der Waals surface area (Å²) in [6.45, 7) is 1.53. The average Bonchev–Trinajstić information content (AvgIpc) is 3.06. The number of nitrogens with two attached hydrogens (primary N) is 1. The second-order valence-corrected chi connectivity index (χ2v) is 5.62. The summed E-state index contributed by atoms with van der Waals surface area (Å²) in [6, 6.07) is 10.9. The van der Waals surface area contributed by atoms with Gasteiger partial charge >= 0.3 is 0 Å². The number of rotatable bonds is 5. The van der Waals surface area contributed by atoms with Crippen LogP contribution in [0.3, 0.4) is 0 Å². The molecule has 0 saturated heterocycles. The molecule has 0 aliphatic heterocycles. The molecule has 3 aromatic rings. The largest absolute Gasteiger partial charge is 0.366 e. The van der Waals surface area contributed by atoms with Crippen molar-refractivity contribution < 1.29 is 14.0 Å². The van der Waals surface area contributed by atoms with Gasteiger partial charge in [0.15, 0.2) is 0 Å². The number of nitrogens with one attached hydrogen (secondary N) is 1. The molecular formula is C17H15FN6O2. The molecule has 0 fully saturated rings. The van der Waals surface area contributed by atoms with E-state index in [1.807, 2.05) is 0 Å². The highest BCUT2D eigenvalue weighted by atomic mass is 19.1. The van der Waals surface area contributed by atoms with Crippen LogP contribution in [0.25, 0.3) is 11.4 Å². The number of hydrogen-bond donors (Lipinski definition) is 2. The van der Waals surface area contributed by atoms with Crippen molar-refractivity contribution in [1.82, 2.24) is 20.2 Å². The van der Waals surface area contributed by atoms with Crippen molar-refractivity contribution >= 4 is 17.5 Å². The summed E-state index contributed by atoms with van der Waals surface area (Å²) < 4.78 is 13.8. The summed E-state index contributed by atoms with van der Waals surface area (Å²) in [5.41, 5.74) is 7.01. The number of hydrogen-bond acceptors (Lipinski definition) is 5. The summed E-state index contributed by atoms with van der Waals surface area (Å²) in [7, 11) is 0. The topological polar surface area (TPSA) is 116 Å². The smallest absolute Gasteiger partial charge is 0.248 e. The number of nitrogens with zero attached hydrogens (tertiary/aromatic N) is 4. The second kappa shape index (κ2) is 7.09. The lowest BCUT2D eigenvalue weighted by Crippen LogP contribution is -2.21. The third kappa shape index (κ3) is 3.89. The highest BCUT2D eigenvalue weighted by Gasteiger charge is 2.12. The minimum atomic E-state index is -0.534. The van der Waals surface area contributed by atoms with Gasteiger partial charge in [-0.2, -0.15) is 4.80 Å². The second-order valence-electron chi connectivity index (χ2n) is 5.62. The molecule has 3 rings (SSSR count). The van der Waals surface area contributed by atoms with Crippen molar-refractivity contribution in [2.45, 2.75) is 13.5 Å². The maximum absolute atomic E-state index is 13.8.